The summed E-state index contributed by atoms with van der Waals surface area (Å²) in [5.74, 6) is 0.315. The zero-order valence-electron chi connectivity index (χ0n) is 14.5. The number of hydrogen-bond donors (Lipinski definition) is 1. The number of aromatic nitrogens is 1. The van der Waals surface area contributed by atoms with Crippen LogP contribution in [0.5, 0.6) is 0 Å². The van der Waals surface area contributed by atoms with Gasteiger partial charge in [0.25, 0.3) is 5.69 Å². The van der Waals surface area contributed by atoms with Gasteiger partial charge in [-0.1, -0.05) is 12.1 Å². The van der Waals surface area contributed by atoms with Crippen LogP contribution >= 0.6 is 0 Å². The van der Waals surface area contributed by atoms with Crippen LogP contribution in [0.25, 0.3) is 0 Å². The minimum Gasteiger partial charge on any atom is -0.379 e. The average molecular weight is 360 g/mol. The van der Waals surface area contributed by atoms with Gasteiger partial charge < -0.3 is 10.1 Å². The first-order chi connectivity index (χ1) is 12.5. The number of rotatable bonds is 6. The monoisotopic (exact) mass is 360 g/mol. The molecule has 1 atom stereocenters. The minimum absolute atomic E-state index is 0.0390. The SMILES string of the molecule is Cc1cc([N+](=O)[O-])cnc1NCC(c1cccc(F)c1)N1CCOCC1. The molecule has 1 saturated heterocycles. The molecule has 8 heteroatoms. The number of halogens is 1. The van der Waals surface area contributed by atoms with Crippen molar-refractivity contribution in [1.82, 2.24) is 9.88 Å². The normalized spacial score (nSPS) is 16.2. The summed E-state index contributed by atoms with van der Waals surface area (Å²) >= 11 is 0. The molecule has 2 aromatic rings. The maximum atomic E-state index is 13.7. The fourth-order valence-electron chi connectivity index (χ4n) is 3.10. The molecule has 1 unspecified atom stereocenters. The van der Waals surface area contributed by atoms with Crippen LogP contribution in [0.1, 0.15) is 17.2 Å². The summed E-state index contributed by atoms with van der Waals surface area (Å²) in [6, 6.07) is 8.01. The fraction of sp³-hybridized carbons (Fsp3) is 0.389. The van der Waals surface area contributed by atoms with Gasteiger partial charge in [-0.3, -0.25) is 15.0 Å². The number of aryl methyl sites for hydroxylation is 1. The second kappa shape index (κ2) is 8.20. The van der Waals surface area contributed by atoms with Crippen LogP contribution in [0.3, 0.4) is 0 Å². The number of nitrogens with one attached hydrogen (secondary N) is 1. The maximum Gasteiger partial charge on any atom is 0.287 e. The third-order valence-corrected chi connectivity index (χ3v) is 4.46. The lowest BCUT2D eigenvalue weighted by Crippen LogP contribution is -2.41. The van der Waals surface area contributed by atoms with E-state index >= 15 is 0 Å². The Hall–Kier alpha value is -2.58. The van der Waals surface area contributed by atoms with Crippen molar-refractivity contribution in [3.8, 4) is 0 Å². The van der Waals surface area contributed by atoms with E-state index in [2.05, 4.69) is 15.2 Å². The molecule has 0 aliphatic carbocycles. The third-order valence-electron chi connectivity index (χ3n) is 4.46. The first-order valence-electron chi connectivity index (χ1n) is 8.47. The number of nitrogens with zero attached hydrogens (tertiary/aromatic N) is 3. The smallest absolute Gasteiger partial charge is 0.287 e. The topological polar surface area (TPSA) is 80.5 Å². The molecule has 1 aliphatic heterocycles. The third kappa shape index (κ3) is 4.33. The Morgan fingerprint density at radius 3 is 2.81 bits per heavy atom. The van der Waals surface area contributed by atoms with Gasteiger partial charge in [-0.25, -0.2) is 9.37 Å². The number of nitro groups is 1. The summed E-state index contributed by atoms with van der Waals surface area (Å²) in [6.07, 6.45) is 1.24. The maximum absolute atomic E-state index is 13.7. The van der Waals surface area contributed by atoms with Crippen molar-refractivity contribution in [2.24, 2.45) is 0 Å². The Bertz CT molecular complexity index is 781. The van der Waals surface area contributed by atoms with E-state index in [1.54, 1.807) is 13.0 Å². The van der Waals surface area contributed by atoms with E-state index in [1.807, 2.05) is 6.07 Å². The Kier molecular flexibility index (Phi) is 5.75. The highest BCUT2D eigenvalue weighted by Gasteiger charge is 2.23. The quantitative estimate of drug-likeness (QED) is 0.630. The number of pyridine rings is 1. The van der Waals surface area contributed by atoms with Gasteiger partial charge in [0.15, 0.2) is 0 Å². The Balaban J connectivity index is 1.78. The van der Waals surface area contributed by atoms with Crippen molar-refractivity contribution >= 4 is 11.5 Å². The summed E-state index contributed by atoms with van der Waals surface area (Å²) < 4.78 is 19.1. The van der Waals surface area contributed by atoms with E-state index in [9.17, 15) is 14.5 Å². The summed E-state index contributed by atoms with van der Waals surface area (Å²) in [5.41, 5.74) is 1.53. The van der Waals surface area contributed by atoms with Gasteiger partial charge in [-0.05, 0) is 30.2 Å². The van der Waals surface area contributed by atoms with E-state index in [1.165, 1.54) is 24.4 Å². The number of benzene rings is 1. The van der Waals surface area contributed by atoms with Crippen LogP contribution in [-0.4, -0.2) is 47.7 Å². The summed E-state index contributed by atoms with van der Waals surface area (Å²) in [6.45, 7) is 5.08. The predicted molar refractivity (Wildman–Crippen MR) is 95.7 cm³/mol. The molecule has 1 aromatic carbocycles. The molecule has 26 heavy (non-hydrogen) atoms. The van der Waals surface area contributed by atoms with Gasteiger partial charge in [0.1, 0.15) is 17.8 Å². The van der Waals surface area contributed by atoms with Crippen molar-refractivity contribution in [2.45, 2.75) is 13.0 Å². The Morgan fingerprint density at radius 1 is 1.38 bits per heavy atom. The van der Waals surface area contributed by atoms with Crippen LogP contribution in [0, 0.1) is 22.9 Å². The summed E-state index contributed by atoms with van der Waals surface area (Å²) in [4.78, 5) is 16.8. The average Bonchev–Trinajstić information content (AvgIpc) is 2.64. The van der Waals surface area contributed by atoms with E-state index in [-0.39, 0.29) is 17.5 Å². The molecular weight excluding hydrogens is 339 g/mol. The molecule has 1 fully saturated rings. The van der Waals surface area contributed by atoms with Crippen molar-refractivity contribution in [1.29, 1.82) is 0 Å². The van der Waals surface area contributed by atoms with Gasteiger partial charge in [0.05, 0.1) is 24.2 Å². The molecule has 0 spiro atoms. The Labute approximate surface area is 150 Å². The van der Waals surface area contributed by atoms with Crippen molar-refractivity contribution in [3.63, 3.8) is 0 Å². The molecule has 0 saturated carbocycles. The summed E-state index contributed by atoms with van der Waals surface area (Å²) in [5, 5.41) is 14.1. The van der Waals surface area contributed by atoms with Crippen molar-refractivity contribution in [2.75, 3.05) is 38.2 Å². The van der Waals surface area contributed by atoms with Crippen LogP contribution in [0.15, 0.2) is 36.5 Å². The molecule has 7 nitrogen and oxygen atoms in total. The fourth-order valence-corrected chi connectivity index (χ4v) is 3.10. The molecule has 0 bridgehead atoms. The highest BCUT2D eigenvalue weighted by molar-refractivity contribution is 5.48. The van der Waals surface area contributed by atoms with E-state index in [0.29, 0.717) is 31.1 Å². The zero-order chi connectivity index (χ0) is 18.5. The Morgan fingerprint density at radius 2 is 2.15 bits per heavy atom. The first-order valence-corrected chi connectivity index (χ1v) is 8.47. The van der Waals surface area contributed by atoms with Crippen molar-refractivity contribution < 1.29 is 14.1 Å². The van der Waals surface area contributed by atoms with Gasteiger partial charge in [-0.15, -0.1) is 0 Å². The molecule has 2 heterocycles. The largest absolute Gasteiger partial charge is 0.379 e. The summed E-state index contributed by atoms with van der Waals surface area (Å²) in [7, 11) is 0. The molecule has 138 valence electrons. The molecule has 1 aliphatic rings. The molecular formula is C18H21FN4O3. The lowest BCUT2D eigenvalue weighted by Gasteiger charge is -2.35. The molecule has 0 radical (unpaired) electrons. The first kappa shape index (κ1) is 18.2. The molecule has 1 N–H and O–H groups in total. The lowest BCUT2D eigenvalue weighted by molar-refractivity contribution is -0.385. The van der Waals surface area contributed by atoms with Crippen molar-refractivity contribution in [3.05, 3.63) is 63.6 Å². The van der Waals surface area contributed by atoms with Crippen LogP contribution in [-0.2, 0) is 4.74 Å². The van der Waals surface area contributed by atoms with Crippen LogP contribution < -0.4 is 5.32 Å². The number of morpholine rings is 1. The number of anilines is 1. The van der Waals surface area contributed by atoms with E-state index < -0.39 is 4.92 Å². The van der Waals surface area contributed by atoms with E-state index in [0.717, 1.165) is 18.7 Å². The molecule has 1 aromatic heterocycles. The van der Waals surface area contributed by atoms with Crippen LogP contribution in [0.2, 0.25) is 0 Å². The number of ether oxygens (including phenoxy) is 1. The second-order valence-electron chi connectivity index (χ2n) is 6.22. The second-order valence-corrected chi connectivity index (χ2v) is 6.22. The minimum atomic E-state index is -0.465. The van der Waals surface area contributed by atoms with Gasteiger partial charge in [0, 0.05) is 25.7 Å². The predicted octanol–water partition coefficient (Wildman–Crippen LogP) is 2.92. The van der Waals surface area contributed by atoms with Gasteiger partial charge in [0.2, 0.25) is 0 Å². The van der Waals surface area contributed by atoms with Crippen LogP contribution in [0.4, 0.5) is 15.9 Å². The van der Waals surface area contributed by atoms with E-state index in [4.69, 9.17) is 4.74 Å². The standard InChI is InChI=1S/C18H21FN4O3/c1-13-9-16(23(24)25)11-20-18(13)21-12-17(22-5-7-26-8-6-22)14-3-2-4-15(19)10-14/h2-4,9-11,17H,5-8,12H2,1H3,(H,20,21). The molecule has 3 rings (SSSR count). The lowest BCUT2D eigenvalue weighted by atomic mass is 10.0. The number of hydrogen-bond acceptors (Lipinski definition) is 6. The van der Waals surface area contributed by atoms with Gasteiger partial charge in [-0.2, -0.15) is 0 Å². The van der Waals surface area contributed by atoms with Gasteiger partial charge >= 0.3 is 0 Å². The zero-order valence-corrected chi connectivity index (χ0v) is 14.5. The molecule has 0 amide bonds. The highest BCUT2D eigenvalue weighted by Crippen LogP contribution is 2.24. The highest BCUT2D eigenvalue weighted by atomic mass is 19.1.